The van der Waals surface area contributed by atoms with Crippen molar-refractivity contribution in [3.05, 3.63) is 67.9 Å². The number of aromatic nitrogens is 2. The van der Waals surface area contributed by atoms with Gasteiger partial charge in [0.2, 0.25) is 5.95 Å². The topological polar surface area (TPSA) is 109 Å². The van der Waals surface area contributed by atoms with Gasteiger partial charge in [-0.2, -0.15) is 0 Å². The smallest absolute Gasteiger partial charge is 0.293 e. The number of rotatable bonds is 8. The molecule has 0 spiro atoms. The number of aryl methyl sites for hydroxylation is 1. The molecule has 0 unspecified atom stereocenters. The van der Waals surface area contributed by atoms with E-state index in [1.54, 1.807) is 25.1 Å². The summed E-state index contributed by atoms with van der Waals surface area (Å²) in [6.07, 6.45) is 2.86. The molecule has 0 aliphatic heterocycles. The van der Waals surface area contributed by atoms with Gasteiger partial charge in [0.1, 0.15) is 23.8 Å². The lowest BCUT2D eigenvalue weighted by molar-refractivity contribution is -0.384. The summed E-state index contributed by atoms with van der Waals surface area (Å²) in [6.45, 7) is 1.77. The molecule has 11 heteroatoms. The Balaban J connectivity index is 1.77. The van der Waals surface area contributed by atoms with E-state index in [0.29, 0.717) is 44.1 Å². The van der Waals surface area contributed by atoms with Crippen molar-refractivity contribution >= 4 is 40.5 Å². The van der Waals surface area contributed by atoms with Gasteiger partial charge in [0.05, 0.1) is 41.6 Å². The van der Waals surface area contributed by atoms with Crippen LogP contribution in [0.2, 0.25) is 10.0 Å². The molecule has 1 aromatic heterocycles. The fourth-order valence-corrected chi connectivity index (χ4v) is 3.36. The molecule has 9 nitrogen and oxygen atoms in total. The highest BCUT2D eigenvalue weighted by Crippen LogP contribution is 2.40. The Morgan fingerprint density at radius 2 is 1.71 bits per heavy atom. The first-order chi connectivity index (χ1) is 14.8. The van der Waals surface area contributed by atoms with Gasteiger partial charge in [-0.3, -0.25) is 10.1 Å². The van der Waals surface area contributed by atoms with Crippen LogP contribution < -0.4 is 19.5 Å². The minimum Gasteiger partial charge on any atom is -0.495 e. The Hall–Kier alpha value is -3.30. The lowest BCUT2D eigenvalue weighted by atomic mass is 10.1. The van der Waals surface area contributed by atoms with E-state index in [-0.39, 0.29) is 18.2 Å². The zero-order valence-corrected chi connectivity index (χ0v) is 18.3. The summed E-state index contributed by atoms with van der Waals surface area (Å²) in [5, 5.41) is 14.7. The molecule has 1 N–H and O–H groups in total. The van der Waals surface area contributed by atoms with Crippen LogP contribution in [0.15, 0.2) is 36.7 Å². The molecule has 2 aromatic carbocycles. The van der Waals surface area contributed by atoms with Crippen molar-refractivity contribution < 1.29 is 19.1 Å². The largest absolute Gasteiger partial charge is 0.495 e. The normalized spacial score (nSPS) is 10.5. The Morgan fingerprint density at radius 3 is 2.26 bits per heavy atom. The highest BCUT2D eigenvalue weighted by atomic mass is 35.5. The van der Waals surface area contributed by atoms with Crippen LogP contribution >= 0.6 is 23.2 Å². The summed E-state index contributed by atoms with van der Waals surface area (Å²) in [7, 11) is 2.97. The summed E-state index contributed by atoms with van der Waals surface area (Å²) in [5.74, 6) is 1.33. The van der Waals surface area contributed by atoms with Crippen molar-refractivity contribution in [1.29, 1.82) is 0 Å². The molecular formula is C20H18Cl2N4O5. The van der Waals surface area contributed by atoms with Crippen molar-refractivity contribution in [3.8, 4) is 17.2 Å². The number of hydrogen-bond donors (Lipinski definition) is 1. The van der Waals surface area contributed by atoms with Crippen molar-refractivity contribution in [2.75, 3.05) is 19.5 Å². The number of benzene rings is 2. The van der Waals surface area contributed by atoms with Gasteiger partial charge >= 0.3 is 0 Å². The van der Waals surface area contributed by atoms with Gasteiger partial charge < -0.3 is 19.5 Å². The summed E-state index contributed by atoms with van der Waals surface area (Å²) < 4.78 is 16.2. The summed E-state index contributed by atoms with van der Waals surface area (Å²) >= 11 is 12.7. The van der Waals surface area contributed by atoms with Crippen LogP contribution in [-0.4, -0.2) is 29.1 Å². The lowest BCUT2D eigenvalue weighted by Crippen LogP contribution is -2.04. The molecule has 3 aromatic rings. The number of nitro groups is 1. The third-order valence-electron chi connectivity index (χ3n) is 4.36. The fourth-order valence-electron chi connectivity index (χ4n) is 2.75. The fraction of sp³-hybridized carbons (Fsp3) is 0.200. The first-order valence-electron chi connectivity index (χ1n) is 8.90. The number of para-hydroxylation sites is 1. The second-order valence-electron chi connectivity index (χ2n) is 6.27. The monoisotopic (exact) mass is 464 g/mol. The van der Waals surface area contributed by atoms with E-state index in [2.05, 4.69) is 15.3 Å². The maximum Gasteiger partial charge on any atom is 0.293 e. The summed E-state index contributed by atoms with van der Waals surface area (Å²) in [5.41, 5.74) is 1.43. The van der Waals surface area contributed by atoms with Gasteiger partial charge in [0, 0.05) is 17.7 Å². The molecule has 1 heterocycles. The second-order valence-corrected chi connectivity index (χ2v) is 7.03. The number of anilines is 2. The summed E-state index contributed by atoms with van der Waals surface area (Å²) in [6, 6.07) is 6.36. The highest BCUT2D eigenvalue weighted by Gasteiger charge is 2.19. The number of nitrogens with one attached hydrogen (secondary N) is 1. The molecule has 0 radical (unpaired) electrons. The molecule has 162 valence electrons. The number of hydrogen-bond acceptors (Lipinski definition) is 8. The van der Waals surface area contributed by atoms with Crippen LogP contribution in [0.4, 0.5) is 17.3 Å². The van der Waals surface area contributed by atoms with E-state index >= 15 is 0 Å². The predicted molar refractivity (Wildman–Crippen MR) is 117 cm³/mol. The quantitative estimate of drug-likeness (QED) is 0.351. The van der Waals surface area contributed by atoms with Crippen LogP contribution in [0, 0.1) is 17.0 Å². The molecule has 0 aliphatic rings. The van der Waals surface area contributed by atoms with Crippen molar-refractivity contribution in [2.24, 2.45) is 0 Å². The lowest BCUT2D eigenvalue weighted by Gasteiger charge is -2.15. The van der Waals surface area contributed by atoms with E-state index in [1.165, 1.54) is 32.7 Å². The van der Waals surface area contributed by atoms with Gasteiger partial charge in [-0.1, -0.05) is 35.3 Å². The highest BCUT2D eigenvalue weighted by molar-refractivity contribution is 6.37. The van der Waals surface area contributed by atoms with Gasteiger partial charge in [0.15, 0.2) is 5.75 Å². The molecule has 0 saturated carbocycles. The third kappa shape index (κ3) is 4.89. The molecule has 3 rings (SSSR count). The van der Waals surface area contributed by atoms with Gasteiger partial charge in [-0.15, -0.1) is 0 Å². The van der Waals surface area contributed by atoms with Crippen LogP contribution in [0.25, 0.3) is 0 Å². The predicted octanol–water partition coefficient (Wildman–Crippen LogP) is 5.34. The Bertz CT molecular complexity index is 1080. The number of methoxy groups -OCH3 is 2. The van der Waals surface area contributed by atoms with E-state index in [0.717, 1.165) is 0 Å². The van der Waals surface area contributed by atoms with E-state index in [1.807, 2.05) is 0 Å². The van der Waals surface area contributed by atoms with E-state index < -0.39 is 4.92 Å². The SMILES string of the molecule is COc1cc(OC)c(Cl)c(COc2cnc(Nc3c(C)cccc3[N+](=O)[O-])nc2)c1Cl. The summed E-state index contributed by atoms with van der Waals surface area (Å²) in [4.78, 5) is 19.1. The molecule has 0 fully saturated rings. The Morgan fingerprint density at radius 1 is 1.10 bits per heavy atom. The average molecular weight is 465 g/mol. The van der Waals surface area contributed by atoms with Crippen molar-refractivity contribution in [2.45, 2.75) is 13.5 Å². The molecule has 0 atom stereocenters. The molecule has 0 saturated heterocycles. The van der Waals surface area contributed by atoms with Gasteiger partial charge in [-0.25, -0.2) is 9.97 Å². The van der Waals surface area contributed by atoms with Gasteiger partial charge in [0.25, 0.3) is 5.69 Å². The molecule has 0 bridgehead atoms. The second kappa shape index (κ2) is 9.67. The molecular weight excluding hydrogens is 447 g/mol. The minimum absolute atomic E-state index is 0.0185. The standard InChI is InChI=1S/C20H18Cl2N4O5/c1-11-5-4-6-14(26(27)28)19(11)25-20-23-8-12(9-24-20)31-10-13-17(21)15(29-2)7-16(30-3)18(13)22/h4-9H,10H2,1-3H3,(H,23,24,25). The van der Waals surface area contributed by atoms with Gasteiger partial charge in [-0.05, 0) is 12.5 Å². The Kier molecular flexibility index (Phi) is 6.98. The van der Waals surface area contributed by atoms with Crippen molar-refractivity contribution in [3.63, 3.8) is 0 Å². The number of nitrogens with zero attached hydrogens (tertiary/aromatic N) is 3. The number of ether oxygens (including phenoxy) is 3. The maximum atomic E-state index is 11.2. The van der Waals surface area contributed by atoms with Crippen LogP contribution in [0.1, 0.15) is 11.1 Å². The van der Waals surface area contributed by atoms with E-state index in [9.17, 15) is 10.1 Å². The first kappa shape index (κ1) is 22.4. The molecule has 31 heavy (non-hydrogen) atoms. The minimum atomic E-state index is -0.470. The third-order valence-corrected chi connectivity index (χ3v) is 5.19. The van der Waals surface area contributed by atoms with Crippen LogP contribution in [-0.2, 0) is 6.61 Å². The van der Waals surface area contributed by atoms with E-state index in [4.69, 9.17) is 37.4 Å². The Labute approximate surface area is 188 Å². The number of nitro benzene ring substituents is 1. The first-order valence-corrected chi connectivity index (χ1v) is 9.66. The van der Waals surface area contributed by atoms with Crippen molar-refractivity contribution in [1.82, 2.24) is 9.97 Å². The van der Waals surface area contributed by atoms with Crippen LogP contribution in [0.5, 0.6) is 17.2 Å². The molecule has 0 amide bonds. The molecule has 0 aliphatic carbocycles. The average Bonchev–Trinajstić information content (AvgIpc) is 2.76. The number of halogens is 2. The van der Waals surface area contributed by atoms with Crippen LogP contribution in [0.3, 0.4) is 0 Å². The maximum absolute atomic E-state index is 11.2. The zero-order chi connectivity index (χ0) is 22.5. The zero-order valence-electron chi connectivity index (χ0n) is 16.8.